The van der Waals surface area contributed by atoms with Crippen molar-refractivity contribution in [1.82, 2.24) is 4.31 Å². The van der Waals surface area contributed by atoms with Gasteiger partial charge in [-0.2, -0.15) is 17.5 Å². The molecule has 8 heteroatoms. The normalized spacial score (nSPS) is 13.6. The zero-order chi connectivity index (χ0) is 11.4. The maximum atomic E-state index is 11.8. The Labute approximate surface area is 80.9 Å². The number of nitrogens with zero attached hydrogens (tertiary/aromatic N) is 1. The van der Waals surface area contributed by atoms with Crippen LogP contribution in [0.5, 0.6) is 0 Å². The minimum Gasteiger partial charge on any atom is -0.330 e. The van der Waals surface area contributed by atoms with Gasteiger partial charge in [0.05, 0.1) is 5.75 Å². The average Bonchev–Trinajstić information content (AvgIpc) is 1.97. The SMILES string of the molecule is CN(CC(F)(F)F)S(=O)(=O)CCCN. The van der Waals surface area contributed by atoms with Gasteiger partial charge in [0.2, 0.25) is 10.0 Å². The number of hydrogen-bond acceptors (Lipinski definition) is 3. The molecule has 4 nitrogen and oxygen atoms in total. The maximum Gasteiger partial charge on any atom is 0.402 e. The molecule has 0 aliphatic heterocycles. The van der Waals surface area contributed by atoms with E-state index in [0.29, 0.717) is 4.31 Å². The van der Waals surface area contributed by atoms with Crippen molar-refractivity contribution in [3.05, 3.63) is 0 Å². The highest BCUT2D eigenvalue weighted by molar-refractivity contribution is 7.89. The molecule has 2 N–H and O–H groups in total. The lowest BCUT2D eigenvalue weighted by Gasteiger charge is -2.18. The van der Waals surface area contributed by atoms with Crippen LogP contribution in [0.3, 0.4) is 0 Å². The van der Waals surface area contributed by atoms with Crippen LogP contribution in [0.15, 0.2) is 0 Å². The summed E-state index contributed by atoms with van der Waals surface area (Å²) in [6.07, 6.45) is -4.35. The highest BCUT2D eigenvalue weighted by Gasteiger charge is 2.33. The molecule has 0 saturated heterocycles. The van der Waals surface area contributed by atoms with Crippen molar-refractivity contribution >= 4 is 10.0 Å². The van der Waals surface area contributed by atoms with Gasteiger partial charge in [-0.25, -0.2) is 8.42 Å². The second kappa shape index (κ2) is 4.94. The van der Waals surface area contributed by atoms with Crippen LogP contribution in [0.25, 0.3) is 0 Å². The lowest BCUT2D eigenvalue weighted by Crippen LogP contribution is -2.37. The molecule has 0 fully saturated rings. The Morgan fingerprint density at radius 3 is 2.21 bits per heavy atom. The Morgan fingerprint density at radius 2 is 1.86 bits per heavy atom. The third-order valence-corrected chi connectivity index (χ3v) is 3.37. The van der Waals surface area contributed by atoms with E-state index in [1.54, 1.807) is 0 Å². The number of rotatable bonds is 5. The number of sulfonamides is 1. The van der Waals surface area contributed by atoms with E-state index in [0.717, 1.165) is 7.05 Å². The molecule has 86 valence electrons. The van der Waals surface area contributed by atoms with Crippen molar-refractivity contribution < 1.29 is 21.6 Å². The molecule has 14 heavy (non-hydrogen) atoms. The topological polar surface area (TPSA) is 63.4 Å². The standard InChI is InChI=1S/C6H13F3N2O2S/c1-11(5-6(7,8)9)14(12,13)4-2-3-10/h2-5,10H2,1H3. The van der Waals surface area contributed by atoms with E-state index >= 15 is 0 Å². The molecular formula is C6H13F3N2O2S. The first-order chi connectivity index (χ1) is 6.19. The summed E-state index contributed by atoms with van der Waals surface area (Å²) in [6.45, 7) is -1.32. The molecule has 0 aliphatic carbocycles. The lowest BCUT2D eigenvalue weighted by molar-refractivity contribution is -0.134. The van der Waals surface area contributed by atoms with Crippen molar-refractivity contribution in [1.29, 1.82) is 0 Å². The average molecular weight is 234 g/mol. The Morgan fingerprint density at radius 1 is 1.36 bits per heavy atom. The van der Waals surface area contributed by atoms with Gasteiger partial charge in [-0.05, 0) is 13.0 Å². The zero-order valence-corrected chi connectivity index (χ0v) is 8.53. The van der Waals surface area contributed by atoms with Crippen molar-refractivity contribution in [3.63, 3.8) is 0 Å². The molecule has 0 aromatic carbocycles. The number of alkyl halides is 3. The number of hydrogen-bond donors (Lipinski definition) is 1. The van der Waals surface area contributed by atoms with E-state index in [1.807, 2.05) is 0 Å². The van der Waals surface area contributed by atoms with E-state index in [4.69, 9.17) is 5.73 Å². The van der Waals surface area contributed by atoms with E-state index in [1.165, 1.54) is 0 Å². The highest BCUT2D eigenvalue weighted by atomic mass is 32.2. The van der Waals surface area contributed by atoms with Crippen molar-refractivity contribution in [3.8, 4) is 0 Å². The predicted octanol–water partition coefficient (Wildman–Crippen LogP) is 0.159. The first-order valence-electron chi connectivity index (χ1n) is 3.90. The molecular weight excluding hydrogens is 221 g/mol. The summed E-state index contributed by atoms with van der Waals surface area (Å²) >= 11 is 0. The first kappa shape index (κ1) is 13.7. The van der Waals surface area contributed by atoms with Gasteiger partial charge in [-0.3, -0.25) is 0 Å². The molecule has 0 aromatic rings. The van der Waals surface area contributed by atoms with Crippen LogP contribution in [0, 0.1) is 0 Å². The molecule has 0 heterocycles. The zero-order valence-electron chi connectivity index (χ0n) is 7.71. The largest absolute Gasteiger partial charge is 0.402 e. The van der Waals surface area contributed by atoms with E-state index in [2.05, 4.69) is 0 Å². The fourth-order valence-electron chi connectivity index (χ4n) is 0.772. The van der Waals surface area contributed by atoms with Gasteiger partial charge >= 0.3 is 6.18 Å². The van der Waals surface area contributed by atoms with Crippen LogP contribution >= 0.6 is 0 Å². The molecule has 0 spiro atoms. The second-order valence-electron chi connectivity index (χ2n) is 2.83. The van der Waals surface area contributed by atoms with Crippen LogP contribution in [0.4, 0.5) is 13.2 Å². The molecule has 0 bridgehead atoms. The Kier molecular flexibility index (Phi) is 4.82. The van der Waals surface area contributed by atoms with E-state index < -0.39 is 22.7 Å². The van der Waals surface area contributed by atoms with Crippen LogP contribution in [-0.2, 0) is 10.0 Å². The van der Waals surface area contributed by atoms with E-state index in [9.17, 15) is 21.6 Å². The molecule has 0 aromatic heterocycles. The second-order valence-corrected chi connectivity index (χ2v) is 5.02. The number of halogens is 3. The van der Waals surface area contributed by atoms with Gasteiger partial charge in [0.15, 0.2) is 0 Å². The smallest absolute Gasteiger partial charge is 0.330 e. The van der Waals surface area contributed by atoms with Gasteiger partial charge in [0, 0.05) is 7.05 Å². The Balaban J connectivity index is 4.30. The van der Waals surface area contributed by atoms with Gasteiger partial charge in [-0.1, -0.05) is 0 Å². The Hall–Kier alpha value is -0.340. The molecule has 0 radical (unpaired) electrons. The fraction of sp³-hybridized carbons (Fsp3) is 1.00. The third-order valence-electron chi connectivity index (χ3n) is 1.48. The molecule has 0 saturated carbocycles. The summed E-state index contributed by atoms with van der Waals surface area (Å²) in [6, 6.07) is 0. The summed E-state index contributed by atoms with van der Waals surface area (Å²) in [7, 11) is -2.92. The lowest BCUT2D eigenvalue weighted by atomic mass is 10.5. The molecule has 0 unspecified atom stereocenters. The summed E-state index contributed by atoms with van der Waals surface area (Å²) in [5.74, 6) is -0.351. The quantitative estimate of drug-likeness (QED) is 0.737. The van der Waals surface area contributed by atoms with Crippen molar-refractivity contribution in [2.45, 2.75) is 12.6 Å². The summed E-state index contributed by atoms with van der Waals surface area (Å²) in [4.78, 5) is 0. The summed E-state index contributed by atoms with van der Waals surface area (Å²) in [5, 5.41) is 0. The monoisotopic (exact) mass is 234 g/mol. The Bertz CT molecular complexity index is 263. The van der Waals surface area contributed by atoms with Crippen molar-refractivity contribution in [2.75, 3.05) is 25.9 Å². The van der Waals surface area contributed by atoms with Crippen molar-refractivity contribution in [2.24, 2.45) is 5.73 Å². The predicted molar refractivity (Wildman–Crippen MR) is 46.1 cm³/mol. The van der Waals surface area contributed by atoms with Gasteiger partial charge in [0.25, 0.3) is 0 Å². The van der Waals surface area contributed by atoms with E-state index in [-0.39, 0.29) is 18.7 Å². The molecule has 0 atom stereocenters. The van der Waals surface area contributed by atoms with Crippen LogP contribution in [0.1, 0.15) is 6.42 Å². The van der Waals surface area contributed by atoms with Gasteiger partial charge in [0.1, 0.15) is 6.54 Å². The highest BCUT2D eigenvalue weighted by Crippen LogP contribution is 2.17. The fourth-order valence-corrected chi connectivity index (χ4v) is 1.96. The first-order valence-corrected chi connectivity index (χ1v) is 5.51. The van der Waals surface area contributed by atoms with Gasteiger partial charge in [-0.15, -0.1) is 0 Å². The molecule has 0 rings (SSSR count). The molecule has 0 amide bonds. The molecule has 0 aliphatic rings. The van der Waals surface area contributed by atoms with Crippen LogP contribution in [0.2, 0.25) is 0 Å². The summed E-state index contributed by atoms with van der Waals surface area (Å²) < 4.78 is 58.1. The maximum absolute atomic E-state index is 11.8. The summed E-state index contributed by atoms with van der Waals surface area (Å²) in [5.41, 5.74) is 5.06. The van der Waals surface area contributed by atoms with Gasteiger partial charge < -0.3 is 5.73 Å². The van der Waals surface area contributed by atoms with Crippen LogP contribution in [-0.4, -0.2) is 44.8 Å². The minimum absolute atomic E-state index is 0.138. The third kappa shape index (κ3) is 5.40. The number of nitrogens with two attached hydrogens (primary N) is 1. The van der Waals surface area contributed by atoms with Crippen LogP contribution < -0.4 is 5.73 Å². The minimum atomic E-state index is -4.51.